The molecule has 1 atom stereocenters. The minimum atomic E-state index is -0.803. The summed E-state index contributed by atoms with van der Waals surface area (Å²) in [6.07, 6.45) is 2.19. The van der Waals surface area contributed by atoms with Crippen molar-refractivity contribution in [1.82, 2.24) is 4.90 Å². The summed E-state index contributed by atoms with van der Waals surface area (Å²) in [5, 5.41) is 0. The molecule has 0 saturated carbocycles. The molecule has 0 N–H and O–H groups in total. The van der Waals surface area contributed by atoms with Crippen molar-refractivity contribution in [3.8, 4) is 0 Å². The molecule has 0 spiro atoms. The van der Waals surface area contributed by atoms with E-state index in [-0.39, 0.29) is 24.0 Å². The van der Waals surface area contributed by atoms with Crippen LogP contribution in [0.2, 0.25) is 0 Å². The first kappa shape index (κ1) is 15.1. The molecule has 20 heavy (non-hydrogen) atoms. The Hall–Kier alpha value is -1.33. The smallest absolute Gasteiger partial charge is 0.179 e. The molecule has 110 valence electrons. The van der Waals surface area contributed by atoms with Gasteiger partial charge in [0.25, 0.3) is 0 Å². The Morgan fingerprint density at radius 2 is 2.25 bits per heavy atom. The molecular formula is C15H19F2NO2. The van der Waals surface area contributed by atoms with Gasteiger partial charge >= 0.3 is 0 Å². The van der Waals surface area contributed by atoms with Crippen molar-refractivity contribution in [2.24, 2.45) is 0 Å². The highest BCUT2D eigenvalue weighted by molar-refractivity contribution is 5.97. The fourth-order valence-corrected chi connectivity index (χ4v) is 2.39. The van der Waals surface area contributed by atoms with E-state index in [4.69, 9.17) is 4.74 Å². The van der Waals surface area contributed by atoms with Gasteiger partial charge in [-0.2, -0.15) is 0 Å². The number of carbonyl (C=O) groups excluding carboxylic acids is 1. The molecule has 1 fully saturated rings. The van der Waals surface area contributed by atoms with Crippen LogP contribution in [0.15, 0.2) is 18.2 Å². The zero-order valence-corrected chi connectivity index (χ0v) is 11.6. The van der Waals surface area contributed by atoms with E-state index in [1.165, 1.54) is 6.07 Å². The number of rotatable bonds is 6. The number of likely N-dealkylation sites (N-methyl/N-ethyl adjacent to an activating group) is 1. The maximum atomic E-state index is 13.6. The Morgan fingerprint density at radius 3 is 2.85 bits per heavy atom. The predicted octanol–water partition coefficient (Wildman–Crippen LogP) is 2.65. The number of halogens is 2. The molecular weight excluding hydrogens is 264 g/mol. The SMILES string of the molecule is CCN(CC(=O)c1ccc(F)cc1F)CC1CCCO1. The van der Waals surface area contributed by atoms with E-state index >= 15 is 0 Å². The van der Waals surface area contributed by atoms with Crippen LogP contribution >= 0.6 is 0 Å². The first-order valence-electron chi connectivity index (χ1n) is 6.92. The third kappa shape index (κ3) is 3.84. The van der Waals surface area contributed by atoms with Gasteiger partial charge in [0.05, 0.1) is 18.2 Å². The first-order valence-corrected chi connectivity index (χ1v) is 6.92. The Bertz CT molecular complexity index is 473. The van der Waals surface area contributed by atoms with Crippen LogP contribution in [0.1, 0.15) is 30.1 Å². The van der Waals surface area contributed by atoms with E-state index in [2.05, 4.69) is 0 Å². The van der Waals surface area contributed by atoms with Crippen molar-refractivity contribution in [3.05, 3.63) is 35.4 Å². The highest BCUT2D eigenvalue weighted by Gasteiger charge is 2.21. The number of hydrogen-bond acceptors (Lipinski definition) is 3. The van der Waals surface area contributed by atoms with E-state index in [0.717, 1.165) is 31.6 Å². The van der Waals surface area contributed by atoms with Gasteiger partial charge in [-0.1, -0.05) is 6.92 Å². The molecule has 1 unspecified atom stereocenters. The average molecular weight is 283 g/mol. The third-order valence-corrected chi connectivity index (χ3v) is 3.53. The second kappa shape index (κ2) is 6.90. The lowest BCUT2D eigenvalue weighted by atomic mass is 10.1. The minimum absolute atomic E-state index is 0.0582. The van der Waals surface area contributed by atoms with Gasteiger partial charge in [-0.25, -0.2) is 8.78 Å². The van der Waals surface area contributed by atoms with Gasteiger partial charge in [-0.05, 0) is 31.5 Å². The van der Waals surface area contributed by atoms with Crippen molar-refractivity contribution < 1.29 is 18.3 Å². The molecule has 2 rings (SSSR count). The van der Waals surface area contributed by atoms with Gasteiger partial charge in [-0.15, -0.1) is 0 Å². The van der Waals surface area contributed by atoms with Gasteiger partial charge in [0, 0.05) is 19.2 Å². The number of benzene rings is 1. The topological polar surface area (TPSA) is 29.5 Å². The average Bonchev–Trinajstić information content (AvgIpc) is 2.90. The fourth-order valence-electron chi connectivity index (χ4n) is 2.39. The molecule has 5 heteroatoms. The summed E-state index contributed by atoms with van der Waals surface area (Å²) in [5.41, 5.74) is -0.0582. The van der Waals surface area contributed by atoms with Crippen molar-refractivity contribution in [2.75, 3.05) is 26.2 Å². The maximum absolute atomic E-state index is 13.6. The lowest BCUT2D eigenvalue weighted by molar-refractivity contribution is 0.0685. The highest BCUT2D eigenvalue weighted by atomic mass is 19.1. The summed E-state index contributed by atoms with van der Waals surface area (Å²) in [4.78, 5) is 14.0. The van der Waals surface area contributed by atoms with Gasteiger partial charge < -0.3 is 4.74 Å². The Labute approximate surface area is 117 Å². The monoisotopic (exact) mass is 283 g/mol. The second-order valence-electron chi connectivity index (χ2n) is 5.01. The first-order chi connectivity index (χ1) is 9.60. The van der Waals surface area contributed by atoms with E-state index in [1.54, 1.807) is 0 Å². The molecule has 1 heterocycles. The quantitative estimate of drug-likeness (QED) is 0.752. The fraction of sp³-hybridized carbons (Fsp3) is 0.533. The van der Waals surface area contributed by atoms with Crippen molar-refractivity contribution in [3.63, 3.8) is 0 Å². The zero-order chi connectivity index (χ0) is 14.5. The van der Waals surface area contributed by atoms with Crippen LogP contribution < -0.4 is 0 Å². The molecule has 0 amide bonds. The van der Waals surface area contributed by atoms with E-state index < -0.39 is 11.6 Å². The predicted molar refractivity (Wildman–Crippen MR) is 71.8 cm³/mol. The minimum Gasteiger partial charge on any atom is -0.377 e. The molecule has 1 aliphatic rings. The molecule has 0 bridgehead atoms. The second-order valence-corrected chi connectivity index (χ2v) is 5.01. The van der Waals surface area contributed by atoms with Crippen molar-refractivity contribution >= 4 is 5.78 Å². The molecule has 0 aliphatic carbocycles. The van der Waals surface area contributed by atoms with Crippen LogP contribution in [0.25, 0.3) is 0 Å². The number of ether oxygens (including phenoxy) is 1. The third-order valence-electron chi connectivity index (χ3n) is 3.53. The summed E-state index contributed by atoms with van der Waals surface area (Å²) in [7, 11) is 0. The number of ketones is 1. The summed E-state index contributed by atoms with van der Waals surface area (Å²) in [6.45, 7) is 4.20. The van der Waals surface area contributed by atoms with Crippen LogP contribution in [0, 0.1) is 11.6 Å². The molecule has 1 saturated heterocycles. The maximum Gasteiger partial charge on any atom is 0.179 e. The lowest BCUT2D eigenvalue weighted by Crippen LogP contribution is -2.36. The van der Waals surface area contributed by atoms with Crippen LogP contribution in [0.4, 0.5) is 8.78 Å². The summed E-state index contributed by atoms with van der Waals surface area (Å²) in [5.74, 6) is -1.81. The number of nitrogens with zero attached hydrogens (tertiary/aromatic N) is 1. The molecule has 1 aromatic carbocycles. The summed E-state index contributed by atoms with van der Waals surface area (Å²) >= 11 is 0. The number of hydrogen-bond donors (Lipinski definition) is 0. The van der Waals surface area contributed by atoms with Gasteiger partial charge in [0.15, 0.2) is 5.78 Å². The normalized spacial score (nSPS) is 18.7. The standard InChI is InChI=1S/C15H19F2NO2/c1-2-18(9-12-4-3-7-20-12)10-15(19)13-6-5-11(16)8-14(13)17/h5-6,8,12H,2-4,7,9-10H2,1H3. The largest absolute Gasteiger partial charge is 0.377 e. The Morgan fingerprint density at radius 1 is 1.45 bits per heavy atom. The van der Waals surface area contributed by atoms with Gasteiger partial charge in [0.1, 0.15) is 11.6 Å². The highest BCUT2D eigenvalue weighted by Crippen LogP contribution is 2.15. The molecule has 1 aromatic rings. The zero-order valence-electron chi connectivity index (χ0n) is 11.6. The summed E-state index contributed by atoms with van der Waals surface area (Å²) in [6, 6.07) is 3.04. The van der Waals surface area contributed by atoms with Gasteiger partial charge in [0.2, 0.25) is 0 Å². The van der Waals surface area contributed by atoms with Gasteiger partial charge in [-0.3, -0.25) is 9.69 Å². The van der Waals surface area contributed by atoms with E-state index in [1.807, 2.05) is 11.8 Å². The molecule has 1 aliphatic heterocycles. The van der Waals surface area contributed by atoms with Crippen LogP contribution in [-0.2, 0) is 4.74 Å². The Balaban J connectivity index is 1.97. The molecule has 0 radical (unpaired) electrons. The van der Waals surface area contributed by atoms with Crippen molar-refractivity contribution in [1.29, 1.82) is 0 Å². The van der Waals surface area contributed by atoms with Crippen LogP contribution in [-0.4, -0.2) is 43.0 Å². The lowest BCUT2D eigenvalue weighted by Gasteiger charge is -2.22. The summed E-state index contributed by atoms with van der Waals surface area (Å²) < 4.78 is 31.9. The van der Waals surface area contributed by atoms with Crippen LogP contribution in [0.5, 0.6) is 0 Å². The Kier molecular flexibility index (Phi) is 5.20. The number of Topliss-reactive ketones (excluding diaryl/α,β-unsaturated/α-hetero) is 1. The van der Waals surface area contributed by atoms with E-state index in [9.17, 15) is 13.6 Å². The number of carbonyl (C=O) groups is 1. The van der Waals surface area contributed by atoms with E-state index in [0.29, 0.717) is 13.1 Å². The van der Waals surface area contributed by atoms with Crippen molar-refractivity contribution in [2.45, 2.75) is 25.9 Å². The van der Waals surface area contributed by atoms with Crippen LogP contribution in [0.3, 0.4) is 0 Å². The molecule has 0 aromatic heterocycles. The molecule has 3 nitrogen and oxygen atoms in total.